The monoisotopic (exact) mass is 431 g/mol. The number of rotatable bonds is 9. The number of aliphatic hydroxyl groups excluding tert-OH is 2. The summed E-state index contributed by atoms with van der Waals surface area (Å²) in [6.45, 7) is -0.443. The summed E-state index contributed by atoms with van der Waals surface area (Å²) in [5, 5.41) is 18.9. The maximum Gasteiger partial charge on any atom is 0.332 e. The first-order valence-electron chi connectivity index (χ1n) is 9.64. The van der Waals surface area contributed by atoms with Crippen molar-refractivity contribution >= 4 is 22.9 Å². The van der Waals surface area contributed by atoms with Crippen LogP contribution < -0.4 is 20.9 Å². The second-order valence-corrected chi connectivity index (χ2v) is 6.96. The fourth-order valence-electron chi connectivity index (χ4n) is 3.39. The molecule has 0 fully saturated rings. The predicted molar refractivity (Wildman–Crippen MR) is 114 cm³/mol. The normalized spacial score (nSPS) is 11.1. The Morgan fingerprint density at radius 1 is 1.06 bits per heavy atom. The Kier molecular flexibility index (Phi) is 6.56. The van der Waals surface area contributed by atoms with Gasteiger partial charge in [-0.15, -0.1) is 0 Å². The molecule has 2 heterocycles. The maximum absolute atomic E-state index is 13.0. The van der Waals surface area contributed by atoms with Gasteiger partial charge < -0.3 is 19.8 Å². The highest BCUT2D eigenvalue weighted by Gasteiger charge is 2.24. The highest BCUT2D eigenvalue weighted by atomic mass is 16.5. The molecule has 0 atom stereocenters. The molecule has 3 aromatic rings. The van der Waals surface area contributed by atoms with E-state index in [0.29, 0.717) is 11.3 Å². The smallest absolute Gasteiger partial charge is 0.332 e. The van der Waals surface area contributed by atoms with E-state index in [1.54, 1.807) is 29.2 Å². The van der Waals surface area contributed by atoms with Crippen LogP contribution in [-0.2, 0) is 20.6 Å². The first kappa shape index (κ1) is 22.2. The van der Waals surface area contributed by atoms with Crippen molar-refractivity contribution < 1.29 is 19.7 Å². The molecule has 0 amide bonds. The molecule has 0 spiro atoms. The van der Waals surface area contributed by atoms with Crippen LogP contribution in [0.15, 0.2) is 33.9 Å². The van der Waals surface area contributed by atoms with Gasteiger partial charge in [0.05, 0.1) is 26.9 Å². The lowest BCUT2D eigenvalue weighted by atomic mass is 10.1. The van der Waals surface area contributed by atoms with Gasteiger partial charge in [0.15, 0.2) is 16.9 Å². The van der Waals surface area contributed by atoms with Crippen molar-refractivity contribution in [1.82, 2.24) is 18.7 Å². The standard InChI is InChI=1S/C20H25N5O6/c1-22-17-16(18(29)23(2)20(22)30)25(19(21-17)24(8-10-26)9-11-27)12-15(28)13-4-6-14(31-3)7-5-13/h4-7,26-27H,8-12H2,1-3H3. The summed E-state index contributed by atoms with van der Waals surface area (Å²) in [4.78, 5) is 44.3. The minimum atomic E-state index is -0.590. The largest absolute Gasteiger partial charge is 0.497 e. The summed E-state index contributed by atoms with van der Waals surface area (Å²) in [6, 6.07) is 6.56. The van der Waals surface area contributed by atoms with Crippen LogP contribution in [0.5, 0.6) is 5.75 Å². The summed E-state index contributed by atoms with van der Waals surface area (Å²) in [5.41, 5.74) is -0.529. The van der Waals surface area contributed by atoms with Gasteiger partial charge in [-0.25, -0.2) is 4.79 Å². The topological polar surface area (TPSA) is 132 Å². The number of nitrogens with zero attached hydrogens (tertiary/aromatic N) is 5. The van der Waals surface area contributed by atoms with Crippen LogP contribution in [0.25, 0.3) is 11.2 Å². The molecular weight excluding hydrogens is 406 g/mol. The van der Waals surface area contributed by atoms with Crippen LogP contribution in [0.3, 0.4) is 0 Å². The third-order valence-corrected chi connectivity index (χ3v) is 5.06. The van der Waals surface area contributed by atoms with Crippen molar-refractivity contribution in [2.75, 3.05) is 38.3 Å². The van der Waals surface area contributed by atoms with Crippen LogP contribution in [-0.4, -0.2) is 68.1 Å². The molecular formula is C20H25N5O6. The average Bonchev–Trinajstić information content (AvgIpc) is 3.15. The van der Waals surface area contributed by atoms with Gasteiger partial charge >= 0.3 is 5.69 Å². The number of aliphatic hydroxyl groups is 2. The van der Waals surface area contributed by atoms with Crippen molar-refractivity contribution in [2.45, 2.75) is 6.54 Å². The van der Waals surface area contributed by atoms with Crippen LogP contribution in [0.4, 0.5) is 5.95 Å². The van der Waals surface area contributed by atoms with Crippen molar-refractivity contribution in [3.05, 3.63) is 50.7 Å². The number of hydrogen-bond acceptors (Lipinski definition) is 8. The first-order chi connectivity index (χ1) is 14.8. The Bertz CT molecular complexity index is 1200. The number of ketones is 1. The van der Waals surface area contributed by atoms with Gasteiger partial charge in [0.2, 0.25) is 5.95 Å². The molecule has 0 unspecified atom stereocenters. The molecule has 0 aliphatic carbocycles. The van der Waals surface area contributed by atoms with Crippen LogP contribution >= 0.6 is 0 Å². The third kappa shape index (κ3) is 4.09. The molecule has 1 aromatic carbocycles. The molecule has 0 aliphatic rings. The van der Waals surface area contributed by atoms with Gasteiger partial charge in [-0.2, -0.15) is 4.98 Å². The van der Waals surface area contributed by atoms with Gasteiger partial charge in [0, 0.05) is 32.7 Å². The predicted octanol–water partition coefficient (Wildman–Crippen LogP) is -0.884. The van der Waals surface area contributed by atoms with Crippen molar-refractivity contribution in [2.24, 2.45) is 14.1 Å². The number of carbonyl (C=O) groups excluding carboxylic acids is 1. The number of aromatic nitrogens is 4. The highest BCUT2D eigenvalue weighted by molar-refractivity contribution is 5.97. The summed E-state index contributed by atoms with van der Waals surface area (Å²) in [5.74, 6) is 0.525. The lowest BCUT2D eigenvalue weighted by Crippen LogP contribution is -2.38. The van der Waals surface area contributed by atoms with E-state index in [1.807, 2.05) is 0 Å². The maximum atomic E-state index is 13.0. The summed E-state index contributed by atoms with van der Waals surface area (Å²) in [7, 11) is 4.36. The Balaban J connectivity index is 2.20. The number of hydrogen-bond donors (Lipinski definition) is 2. The number of ether oxygens (including phenoxy) is 1. The Hall–Kier alpha value is -3.44. The minimum Gasteiger partial charge on any atom is -0.497 e. The van der Waals surface area contributed by atoms with Gasteiger partial charge in [0.25, 0.3) is 5.56 Å². The zero-order valence-corrected chi connectivity index (χ0v) is 17.6. The summed E-state index contributed by atoms with van der Waals surface area (Å²) < 4.78 is 8.71. The number of Topliss-reactive ketones (excluding diaryl/α,β-unsaturated/α-hetero) is 1. The number of imidazole rings is 1. The van der Waals surface area contributed by atoms with Gasteiger partial charge in [-0.3, -0.25) is 23.3 Å². The van der Waals surface area contributed by atoms with E-state index in [-0.39, 0.29) is 55.7 Å². The van der Waals surface area contributed by atoms with Crippen molar-refractivity contribution in [3.63, 3.8) is 0 Å². The lowest BCUT2D eigenvalue weighted by molar-refractivity contribution is 0.0973. The number of anilines is 1. The molecule has 11 heteroatoms. The number of fused-ring (bicyclic) bond motifs is 1. The first-order valence-corrected chi connectivity index (χ1v) is 9.64. The van der Waals surface area contributed by atoms with Crippen LogP contribution in [0, 0.1) is 0 Å². The van der Waals surface area contributed by atoms with Gasteiger partial charge in [0.1, 0.15) is 5.75 Å². The SMILES string of the molecule is COc1ccc(C(=O)Cn2c(N(CCO)CCO)nc3c2c(=O)n(C)c(=O)n3C)cc1. The van der Waals surface area contributed by atoms with Crippen molar-refractivity contribution in [3.8, 4) is 5.75 Å². The second-order valence-electron chi connectivity index (χ2n) is 6.96. The van der Waals surface area contributed by atoms with E-state index in [2.05, 4.69) is 4.98 Å². The minimum absolute atomic E-state index is 0.0855. The zero-order valence-electron chi connectivity index (χ0n) is 17.6. The molecule has 31 heavy (non-hydrogen) atoms. The van der Waals surface area contributed by atoms with E-state index < -0.39 is 11.2 Å². The molecule has 166 valence electrons. The van der Waals surface area contributed by atoms with E-state index >= 15 is 0 Å². The second kappa shape index (κ2) is 9.14. The van der Waals surface area contributed by atoms with Gasteiger partial charge in [-0.05, 0) is 24.3 Å². The van der Waals surface area contributed by atoms with E-state index in [0.717, 1.165) is 4.57 Å². The fourth-order valence-corrected chi connectivity index (χ4v) is 3.39. The number of benzene rings is 1. The van der Waals surface area contributed by atoms with Gasteiger partial charge in [-0.1, -0.05) is 0 Å². The molecule has 3 rings (SSSR count). The number of carbonyl (C=O) groups is 1. The zero-order chi connectivity index (χ0) is 22.7. The summed E-state index contributed by atoms with van der Waals surface area (Å²) >= 11 is 0. The molecule has 0 saturated carbocycles. The highest BCUT2D eigenvalue weighted by Crippen LogP contribution is 2.21. The number of aryl methyl sites for hydroxylation is 1. The van der Waals surface area contributed by atoms with Crippen molar-refractivity contribution in [1.29, 1.82) is 0 Å². The molecule has 0 radical (unpaired) electrons. The fraction of sp³-hybridized carbons (Fsp3) is 0.400. The van der Waals surface area contributed by atoms with Crippen LogP contribution in [0.1, 0.15) is 10.4 Å². The van der Waals surface area contributed by atoms with E-state index in [1.165, 1.54) is 30.3 Å². The lowest BCUT2D eigenvalue weighted by Gasteiger charge is -2.22. The Labute approximate surface area is 177 Å². The molecule has 2 aromatic heterocycles. The van der Waals surface area contributed by atoms with E-state index in [4.69, 9.17) is 4.74 Å². The summed E-state index contributed by atoms with van der Waals surface area (Å²) in [6.07, 6.45) is 0. The molecule has 11 nitrogen and oxygen atoms in total. The average molecular weight is 431 g/mol. The molecule has 0 bridgehead atoms. The van der Waals surface area contributed by atoms with E-state index in [9.17, 15) is 24.6 Å². The molecule has 0 aliphatic heterocycles. The third-order valence-electron chi connectivity index (χ3n) is 5.06. The Morgan fingerprint density at radius 2 is 1.68 bits per heavy atom. The van der Waals surface area contributed by atoms with Crippen LogP contribution in [0.2, 0.25) is 0 Å². The molecule has 0 saturated heterocycles. The quantitative estimate of drug-likeness (QED) is 0.418. The molecule has 2 N–H and O–H groups in total. The number of methoxy groups -OCH3 is 1. The Morgan fingerprint density at radius 3 is 2.23 bits per heavy atom.